The van der Waals surface area contributed by atoms with Crippen molar-refractivity contribution in [2.45, 2.75) is 13.0 Å². The number of carbonyl (C=O) groups is 3. The lowest BCUT2D eigenvalue weighted by Crippen LogP contribution is -2.20. The molecule has 1 aliphatic rings. The van der Waals surface area contributed by atoms with Crippen LogP contribution in [0.25, 0.3) is 22.0 Å². The molecule has 2 heterocycles. The Kier molecular flexibility index (Phi) is 6.18. The van der Waals surface area contributed by atoms with Gasteiger partial charge >= 0.3 is 0 Å². The van der Waals surface area contributed by atoms with Crippen LogP contribution in [0.4, 0.5) is 0 Å². The summed E-state index contributed by atoms with van der Waals surface area (Å²) in [5.41, 5.74) is 2.88. The van der Waals surface area contributed by atoms with E-state index < -0.39 is 11.8 Å². The number of carbonyl (C=O) groups excluding carboxylic acids is 3. The summed E-state index contributed by atoms with van der Waals surface area (Å²) in [6, 6.07) is 10.6. The second kappa shape index (κ2) is 9.01. The summed E-state index contributed by atoms with van der Waals surface area (Å²) < 4.78 is 12.3. The second-order valence-corrected chi connectivity index (χ2v) is 7.57. The fourth-order valence-electron chi connectivity index (χ4n) is 3.93. The molecule has 2 aromatic carbocycles. The van der Waals surface area contributed by atoms with Crippen LogP contribution in [0, 0.1) is 0 Å². The predicted octanol–water partition coefficient (Wildman–Crippen LogP) is 3.71. The molecular formula is C23H21ClN2O5. The summed E-state index contributed by atoms with van der Waals surface area (Å²) in [6.45, 7) is 2.03. The molecule has 0 radical (unpaired) electrons. The number of methoxy groups -OCH3 is 1. The number of nitrogens with zero attached hydrogens (tertiary/aromatic N) is 1. The van der Waals surface area contributed by atoms with Gasteiger partial charge < -0.3 is 14.0 Å². The Bertz CT molecular complexity index is 1180. The summed E-state index contributed by atoms with van der Waals surface area (Å²) in [4.78, 5) is 37.0. The van der Waals surface area contributed by atoms with Crippen LogP contribution in [-0.2, 0) is 16.0 Å². The number of fused-ring (bicyclic) bond motifs is 3. The van der Waals surface area contributed by atoms with Gasteiger partial charge in [-0.1, -0.05) is 29.8 Å². The quantitative estimate of drug-likeness (QED) is 0.311. The average Bonchev–Trinajstić information content (AvgIpc) is 3.27. The first-order valence-corrected chi connectivity index (χ1v) is 10.3. The van der Waals surface area contributed by atoms with Crippen molar-refractivity contribution >= 4 is 40.6 Å². The van der Waals surface area contributed by atoms with Gasteiger partial charge in [0.25, 0.3) is 11.8 Å². The van der Waals surface area contributed by atoms with E-state index in [1.165, 1.54) is 0 Å². The molecule has 0 saturated heterocycles. The van der Waals surface area contributed by atoms with Crippen molar-refractivity contribution in [3.05, 3.63) is 58.2 Å². The molecule has 31 heavy (non-hydrogen) atoms. The van der Waals surface area contributed by atoms with E-state index >= 15 is 0 Å². The maximum absolute atomic E-state index is 12.6. The zero-order valence-corrected chi connectivity index (χ0v) is 17.7. The van der Waals surface area contributed by atoms with Crippen molar-refractivity contribution in [3.63, 3.8) is 0 Å². The maximum Gasteiger partial charge on any atom is 0.259 e. The third-order valence-electron chi connectivity index (χ3n) is 5.31. The van der Waals surface area contributed by atoms with Crippen molar-refractivity contribution in [1.82, 2.24) is 9.88 Å². The highest BCUT2D eigenvalue weighted by atomic mass is 35.5. The van der Waals surface area contributed by atoms with Crippen LogP contribution in [0.1, 0.15) is 37.6 Å². The van der Waals surface area contributed by atoms with E-state index in [1.54, 1.807) is 31.4 Å². The molecule has 3 aromatic rings. The van der Waals surface area contributed by atoms with Gasteiger partial charge in [0.2, 0.25) is 0 Å². The third-order valence-corrected chi connectivity index (χ3v) is 5.64. The second-order valence-electron chi connectivity index (χ2n) is 7.17. The summed E-state index contributed by atoms with van der Waals surface area (Å²) in [7, 11) is 1.61. The summed E-state index contributed by atoms with van der Waals surface area (Å²) in [5, 5.41) is 3.41. The molecule has 0 unspecified atom stereocenters. The standard InChI is InChI=1S/C23H21ClN2O5/c1-30-9-10-31-8-4-7-26-14(13-27)11-17-19(26)12-16(15-5-2-3-6-18(15)24)20-21(17)23(29)25-22(20)28/h2-3,5-6,11-13H,4,7-10H2,1H3,(H,25,28,29). The number of rotatable bonds is 9. The zero-order valence-electron chi connectivity index (χ0n) is 16.9. The van der Waals surface area contributed by atoms with Crippen LogP contribution >= 0.6 is 11.6 Å². The minimum absolute atomic E-state index is 0.274. The van der Waals surface area contributed by atoms with Gasteiger partial charge in [-0.3, -0.25) is 19.7 Å². The Hall–Kier alpha value is -3.00. The first-order chi connectivity index (χ1) is 15.1. The predicted molar refractivity (Wildman–Crippen MR) is 117 cm³/mol. The number of halogens is 1. The molecular weight excluding hydrogens is 420 g/mol. The number of imide groups is 1. The van der Waals surface area contributed by atoms with Crippen molar-refractivity contribution < 1.29 is 23.9 Å². The Morgan fingerprint density at radius 1 is 1.03 bits per heavy atom. The molecule has 1 aliphatic heterocycles. The van der Waals surface area contributed by atoms with Gasteiger partial charge in [-0.05, 0) is 30.2 Å². The van der Waals surface area contributed by atoms with E-state index in [0.29, 0.717) is 65.5 Å². The zero-order chi connectivity index (χ0) is 22.0. The third kappa shape index (κ3) is 3.87. The first kappa shape index (κ1) is 21.2. The molecule has 0 atom stereocenters. The number of ether oxygens (including phenoxy) is 2. The highest BCUT2D eigenvalue weighted by Gasteiger charge is 2.34. The molecule has 1 N–H and O–H groups in total. The van der Waals surface area contributed by atoms with Crippen LogP contribution in [0.2, 0.25) is 5.02 Å². The fraction of sp³-hybridized carbons (Fsp3) is 0.261. The average molecular weight is 441 g/mol. The van der Waals surface area contributed by atoms with Crippen molar-refractivity contribution in [3.8, 4) is 11.1 Å². The normalized spacial score (nSPS) is 13.0. The van der Waals surface area contributed by atoms with Gasteiger partial charge in [-0.2, -0.15) is 0 Å². The Morgan fingerprint density at radius 2 is 1.81 bits per heavy atom. The summed E-state index contributed by atoms with van der Waals surface area (Å²) in [6.07, 6.45) is 1.42. The molecule has 7 nitrogen and oxygen atoms in total. The van der Waals surface area contributed by atoms with E-state index in [1.807, 2.05) is 16.7 Å². The van der Waals surface area contributed by atoms with E-state index in [-0.39, 0.29) is 11.1 Å². The molecule has 0 saturated carbocycles. The lowest BCUT2D eigenvalue weighted by atomic mass is 9.94. The van der Waals surface area contributed by atoms with E-state index in [0.717, 1.165) is 6.29 Å². The van der Waals surface area contributed by atoms with Crippen LogP contribution in [0.15, 0.2) is 36.4 Å². The lowest BCUT2D eigenvalue weighted by molar-refractivity contribution is 0.0680. The minimum Gasteiger partial charge on any atom is -0.382 e. The van der Waals surface area contributed by atoms with Crippen molar-refractivity contribution in [2.24, 2.45) is 0 Å². The largest absolute Gasteiger partial charge is 0.382 e. The molecule has 0 bridgehead atoms. The fourth-order valence-corrected chi connectivity index (χ4v) is 4.16. The highest BCUT2D eigenvalue weighted by molar-refractivity contribution is 6.35. The first-order valence-electron chi connectivity index (χ1n) is 9.89. The highest BCUT2D eigenvalue weighted by Crippen LogP contribution is 2.39. The summed E-state index contributed by atoms with van der Waals surface area (Å²) in [5.74, 6) is -0.944. The van der Waals surface area contributed by atoms with Gasteiger partial charge in [0, 0.05) is 36.2 Å². The molecule has 0 spiro atoms. The Morgan fingerprint density at radius 3 is 2.55 bits per heavy atom. The SMILES string of the molecule is COCCOCCCn1c(C=O)cc2c3c(c(-c4ccccc4Cl)cc21)C(=O)NC3=O. The number of aromatic nitrogens is 1. The van der Waals surface area contributed by atoms with Crippen LogP contribution in [-0.4, -0.2) is 49.6 Å². The summed E-state index contributed by atoms with van der Waals surface area (Å²) >= 11 is 6.41. The number of nitrogens with one attached hydrogen (secondary N) is 1. The van der Waals surface area contributed by atoms with E-state index in [4.69, 9.17) is 21.1 Å². The topological polar surface area (TPSA) is 86.6 Å². The monoisotopic (exact) mass is 440 g/mol. The van der Waals surface area contributed by atoms with Gasteiger partial charge in [0.05, 0.1) is 35.6 Å². The number of aldehydes is 1. The molecule has 0 aliphatic carbocycles. The van der Waals surface area contributed by atoms with Crippen LogP contribution in [0.3, 0.4) is 0 Å². The number of benzene rings is 2. The molecule has 0 fully saturated rings. The van der Waals surface area contributed by atoms with Gasteiger partial charge in [0.15, 0.2) is 6.29 Å². The number of hydrogen-bond donors (Lipinski definition) is 1. The lowest BCUT2D eigenvalue weighted by Gasteiger charge is -2.13. The number of aryl methyl sites for hydroxylation is 1. The van der Waals surface area contributed by atoms with Crippen LogP contribution < -0.4 is 5.32 Å². The Labute approximate surface area is 183 Å². The van der Waals surface area contributed by atoms with E-state index in [2.05, 4.69) is 5.32 Å². The number of hydrogen-bond acceptors (Lipinski definition) is 5. The molecule has 160 valence electrons. The minimum atomic E-state index is -0.476. The van der Waals surface area contributed by atoms with Gasteiger partial charge in [-0.25, -0.2) is 0 Å². The Balaban J connectivity index is 1.83. The maximum atomic E-state index is 12.6. The molecule has 4 rings (SSSR count). The number of amides is 2. The van der Waals surface area contributed by atoms with Crippen molar-refractivity contribution in [1.29, 1.82) is 0 Å². The van der Waals surface area contributed by atoms with Crippen molar-refractivity contribution in [2.75, 3.05) is 26.9 Å². The smallest absolute Gasteiger partial charge is 0.259 e. The molecule has 8 heteroatoms. The van der Waals surface area contributed by atoms with Crippen LogP contribution in [0.5, 0.6) is 0 Å². The van der Waals surface area contributed by atoms with Gasteiger partial charge in [-0.15, -0.1) is 0 Å². The molecule has 2 amide bonds. The van der Waals surface area contributed by atoms with E-state index in [9.17, 15) is 14.4 Å². The van der Waals surface area contributed by atoms with Gasteiger partial charge in [0.1, 0.15) is 0 Å². The molecule has 1 aromatic heterocycles.